The second-order valence-electron chi connectivity index (χ2n) is 3.78. The molecule has 92 valence electrons. The van der Waals surface area contributed by atoms with E-state index in [4.69, 9.17) is 0 Å². The van der Waals surface area contributed by atoms with Crippen molar-refractivity contribution in [2.45, 2.75) is 32.4 Å². The van der Waals surface area contributed by atoms with Gasteiger partial charge in [0.25, 0.3) is 0 Å². The van der Waals surface area contributed by atoms with Crippen LogP contribution in [-0.2, 0) is 14.3 Å². The van der Waals surface area contributed by atoms with Gasteiger partial charge in [-0.3, -0.25) is 9.59 Å². The van der Waals surface area contributed by atoms with E-state index in [0.717, 1.165) is 0 Å². The van der Waals surface area contributed by atoms with Gasteiger partial charge in [-0.25, -0.2) is 0 Å². The number of halogens is 3. The number of hydrogen-bond acceptors (Lipinski definition) is 3. The first-order valence-corrected chi connectivity index (χ1v) is 5.12. The highest BCUT2D eigenvalue weighted by molar-refractivity contribution is 5.99. The minimum atomic E-state index is -4.34. The Kier molecular flexibility index (Phi) is 3.93. The van der Waals surface area contributed by atoms with E-state index in [1.54, 1.807) is 6.92 Å². The molecule has 0 aliphatic heterocycles. The lowest BCUT2D eigenvalue weighted by Crippen LogP contribution is -2.37. The van der Waals surface area contributed by atoms with Crippen molar-refractivity contribution in [1.82, 2.24) is 0 Å². The van der Waals surface area contributed by atoms with Crippen LogP contribution in [0.5, 0.6) is 0 Å². The first-order chi connectivity index (χ1) is 7.36. The van der Waals surface area contributed by atoms with Crippen molar-refractivity contribution < 1.29 is 27.5 Å². The van der Waals surface area contributed by atoms with E-state index in [0.29, 0.717) is 0 Å². The van der Waals surface area contributed by atoms with Gasteiger partial charge in [0.1, 0.15) is 11.7 Å². The summed E-state index contributed by atoms with van der Waals surface area (Å²) in [5.41, 5.74) is 0. The maximum Gasteiger partial charge on any atom is 0.391 e. The maximum atomic E-state index is 12.4. The van der Waals surface area contributed by atoms with Gasteiger partial charge in [-0.05, 0) is 19.8 Å². The highest BCUT2D eigenvalue weighted by Crippen LogP contribution is 2.38. The second-order valence-corrected chi connectivity index (χ2v) is 3.78. The van der Waals surface area contributed by atoms with E-state index in [1.807, 2.05) is 0 Å². The van der Waals surface area contributed by atoms with Gasteiger partial charge in [-0.15, -0.1) is 0 Å². The van der Waals surface area contributed by atoms with Crippen LogP contribution in [0.3, 0.4) is 0 Å². The molecule has 16 heavy (non-hydrogen) atoms. The number of carbonyl (C=O) groups excluding carboxylic acids is 2. The van der Waals surface area contributed by atoms with Gasteiger partial charge in [0.05, 0.1) is 12.5 Å². The summed E-state index contributed by atoms with van der Waals surface area (Å²) < 4.78 is 41.9. The molecule has 1 aliphatic rings. The standard InChI is InChI=1S/C10H13F3O3/c1-2-16-9(15)7-5-6(10(11,12)13)3-4-8(7)14/h6-7H,2-5H2,1H3/t6-,7+/m1/s1. The van der Waals surface area contributed by atoms with Crippen LogP contribution in [0.4, 0.5) is 13.2 Å². The van der Waals surface area contributed by atoms with E-state index in [-0.39, 0.29) is 19.4 Å². The second kappa shape index (κ2) is 4.84. The zero-order chi connectivity index (χ0) is 12.3. The summed E-state index contributed by atoms with van der Waals surface area (Å²) in [6.45, 7) is 1.62. The topological polar surface area (TPSA) is 43.4 Å². The third kappa shape index (κ3) is 2.96. The van der Waals surface area contributed by atoms with Crippen LogP contribution < -0.4 is 0 Å². The summed E-state index contributed by atoms with van der Waals surface area (Å²) in [4.78, 5) is 22.6. The minimum absolute atomic E-state index is 0.0687. The fraction of sp³-hybridized carbons (Fsp3) is 0.800. The van der Waals surface area contributed by atoms with E-state index in [1.165, 1.54) is 0 Å². The molecule has 0 spiro atoms. The molecule has 0 heterocycles. The molecule has 2 atom stereocenters. The fourth-order valence-electron chi connectivity index (χ4n) is 1.79. The number of esters is 1. The molecule has 0 bridgehead atoms. The third-order valence-electron chi connectivity index (χ3n) is 2.68. The third-order valence-corrected chi connectivity index (χ3v) is 2.68. The van der Waals surface area contributed by atoms with Crippen molar-refractivity contribution in [3.05, 3.63) is 0 Å². The highest BCUT2D eigenvalue weighted by atomic mass is 19.4. The van der Waals surface area contributed by atoms with Crippen LogP contribution in [-0.4, -0.2) is 24.5 Å². The van der Waals surface area contributed by atoms with Gasteiger partial charge in [0.15, 0.2) is 0 Å². The van der Waals surface area contributed by atoms with E-state index in [9.17, 15) is 22.8 Å². The molecule has 0 aromatic heterocycles. The zero-order valence-corrected chi connectivity index (χ0v) is 8.84. The van der Waals surface area contributed by atoms with Crippen LogP contribution in [0.2, 0.25) is 0 Å². The molecule has 3 nitrogen and oxygen atoms in total. The molecule has 0 saturated heterocycles. The first kappa shape index (κ1) is 13.0. The molecule has 1 fully saturated rings. The normalized spacial score (nSPS) is 26.6. The highest BCUT2D eigenvalue weighted by Gasteiger charge is 2.46. The van der Waals surface area contributed by atoms with Crippen molar-refractivity contribution in [1.29, 1.82) is 0 Å². The van der Waals surface area contributed by atoms with Crippen molar-refractivity contribution in [2.75, 3.05) is 6.61 Å². The van der Waals surface area contributed by atoms with Crippen molar-refractivity contribution in [3.63, 3.8) is 0 Å². The largest absolute Gasteiger partial charge is 0.465 e. The van der Waals surface area contributed by atoms with Crippen LogP contribution in [0.1, 0.15) is 26.2 Å². The molecular formula is C10H13F3O3. The minimum Gasteiger partial charge on any atom is -0.465 e. The molecule has 0 radical (unpaired) electrons. The summed E-state index contributed by atoms with van der Waals surface area (Å²) in [5, 5.41) is 0. The molecule has 0 aromatic rings. The lowest BCUT2D eigenvalue weighted by atomic mass is 9.80. The Morgan fingerprint density at radius 2 is 2.12 bits per heavy atom. The lowest BCUT2D eigenvalue weighted by Gasteiger charge is -2.28. The summed E-state index contributed by atoms with van der Waals surface area (Å²) in [7, 11) is 0. The molecule has 0 N–H and O–H groups in total. The number of ketones is 1. The van der Waals surface area contributed by atoms with Crippen molar-refractivity contribution in [3.8, 4) is 0 Å². The summed E-state index contributed by atoms with van der Waals surface area (Å²) >= 11 is 0. The number of hydrogen-bond donors (Lipinski definition) is 0. The van der Waals surface area contributed by atoms with Crippen molar-refractivity contribution in [2.24, 2.45) is 11.8 Å². The number of ether oxygens (including phenoxy) is 1. The quantitative estimate of drug-likeness (QED) is 0.546. The number of Topliss-reactive ketones (excluding diaryl/α,β-unsaturated/α-hetero) is 1. The smallest absolute Gasteiger partial charge is 0.391 e. The zero-order valence-electron chi connectivity index (χ0n) is 8.84. The van der Waals surface area contributed by atoms with Crippen LogP contribution in [0, 0.1) is 11.8 Å². The van der Waals surface area contributed by atoms with Gasteiger partial charge < -0.3 is 4.74 Å². The summed E-state index contributed by atoms with van der Waals surface area (Å²) in [6, 6.07) is 0. The average molecular weight is 238 g/mol. The summed E-state index contributed by atoms with van der Waals surface area (Å²) in [6.07, 6.45) is -5.24. The predicted molar refractivity (Wildman–Crippen MR) is 48.5 cm³/mol. The number of rotatable bonds is 2. The maximum absolute atomic E-state index is 12.4. The summed E-state index contributed by atoms with van der Waals surface area (Å²) in [5.74, 6) is -4.08. The fourth-order valence-corrected chi connectivity index (χ4v) is 1.79. The van der Waals surface area contributed by atoms with Gasteiger partial charge in [-0.1, -0.05) is 0 Å². The van der Waals surface area contributed by atoms with Crippen LogP contribution in [0.15, 0.2) is 0 Å². The average Bonchev–Trinajstić information content (AvgIpc) is 2.16. The number of carbonyl (C=O) groups is 2. The predicted octanol–water partition coefficient (Wildman–Crippen LogP) is 2.10. The Labute approximate surface area is 91.0 Å². The monoisotopic (exact) mass is 238 g/mol. The number of alkyl halides is 3. The molecule has 1 aliphatic carbocycles. The molecular weight excluding hydrogens is 225 g/mol. The van der Waals surface area contributed by atoms with Gasteiger partial charge in [0.2, 0.25) is 0 Å². The molecule has 1 rings (SSSR count). The van der Waals surface area contributed by atoms with E-state index in [2.05, 4.69) is 4.74 Å². The molecule has 0 amide bonds. The molecule has 0 unspecified atom stereocenters. The first-order valence-electron chi connectivity index (χ1n) is 5.12. The van der Waals surface area contributed by atoms with E-state index >= 15 is 0 Å². The SMILES string of the molecule is CCOC(=O)[C@H]1C[C@H](C(F)(F)F)CCC1=O. The van der Waals surface area contributed by atoms with Crippen LogP contribution >= 0.6 is 0 Å². The Bertz CT molecular complexity index is 286. The lowest BCUT2D eigenvalue weighted by molar-refractivity contribution is -0.189. The van der Waals surface area contributed by atoms with Gasteiger partial charge in [-0.2, -0.15) is 13.2 Å². The van der Waals surface area contributed by atoms with Gasteiger partial charge in [0, 0.05) is 6.42 Å². The van der Waals surface area contributed by atoms with Crippen LogP contribution in [0.25, 0.3) is 0 Å². The Balaban J connectivity index is 2.69. The molecule has 0 aromatic carbocycles. The van der Waals surface area contributed by atoms with E-state index < -0.39 is 36.2 Å². The van der Waals surface area contributed by atoms with Crippen molar-refractivity contribution >= 4 is 11.8 Å². The molecule has 1 saturated carbocycles. The Morgan fingerprint density at radius 1 is 1.50 bits per heavy atom. The Morgan fingerprint density at radius 3 is 2.62 bits per heavy atom. The Hall–Kier alpha value is -1.07. The molecule has 6 heteroatoms. The van der Waals surface area contributed by atoms with Gasteiger partial charge >= 0.3 is 12.1 Å².